The summed E-state index contributed by atoms with van der Waals surface area (Å²) in [5.41, 5.74) is 8.37. The molecule has 0 N–H and O–H groups in total. The molecule has 2 aliphatic rings. The zero-order chi connectivity index (χ0) is 31.3. The van der Waals surface area contributed by atoms with Gasteiger partial charge in [-0.1, -0.05) is 121 Å². The molecule has 4 heteroatoms. The van der Waals surface area contributed by atoms with Crippen molar-refractivity contribution in [3.05, 3.63) is 156 Å². The van der Waals surface area contributed by atoms with E-state index in [4.69, 9.17) is 9.97 Å². The summed E-state index contributed by atoms with van der Waals surface area (Å²) >= 11 is 3.85. The summed E-state index contributed by atoms with van der Waals surface area (Å²) in [5.74, 6) is 1.18. The van der Waals surface area contributed by atoms with Crippen LogP contribution in [0.3, 0.4) is 0 Å². The van der Waals surface area contributed by atoms with E-state index < -0.39 is 0 Å². The van der Waals surface area contributed by atoms with Crippen LogP contribution in [-0.4, -0.2) is 9.97 Å². The lowest BCUT2D eigenvalue weighted by Gasteiger charge is -2.25. The fourth-order valence-electron chi connectivity index (χ4n) is 8.01. The largest absolute Gasteiger partial charge is 0.228 e. The van der Waals surface area contributed by atoms with Crippen molar-refractivity contribution in [1.29, 1.82) is 0 Å². The Hall–Kier alpha value is -5.29. The van der Waals surface area contributed by atoms with Crippen molar-refractivity contribution in [3.8, 4) is 22.6 Å². The first kappa shape index (κ1) is 26.7. The number of thioether (sulfide) groups is 1. The standard InChI is InChI=1S/C44H26N2S2/c1-4-13-37-35(10-1)41(36-12-7-11-32-29-8-2-5-14-38(29)48-43(32)36)46-44(45-37)27-19-20-28-26(24-27)17-16-25-18-21-34-31(40(25)28)22-23-33-30-9-3-6-15-39(30)47-42(33)34/h1-24,33,42H. The van der Waals surface area contributed by atoms with Crippen LogP contribution in [0.4, 0.5) is 0 Å². The highest BCUT2D eigenvalue weighted by Crippen LogP contribution is 2.58. The smallest absolute Gasteiger partial charge is 0.160 e. The molecule has 1 aliphatic heterocycles. The Morgan fingerprint density at radius 1 is 0.583 bits per heavy atom. The van der Waals surface area contributed by atoms with Crippen LogP contribution in [0, 0.1) is 0 Å². The second kappa shape index (κ2) is 10.1. The summed E-state index contributed by atoms with van der Waals surface area (Å²) in [4.78, 5) is 11.9. The van der Waals surface area contributed by atoms with Crippen LogP contribution in [0.1, 0.15) is 27.9 Å². The second-order valence-electron chi connectivity index (χ2n) is 12.8. The van der Waals surface area contributed by atoms with Gasteiger partial charge in [-0.25, -0.2) is 9.97 Å². The molecule has 224 valence electrons. The van der Waals surface area contributed by atoms with Gasteiger partial charge in [-0.05, 0) is 62.5 Å². The molecule has 0 fully saturated rings. The molecule has 0 saturated heterocycles. The first-order valence-corrected chi connectivity index (χ1v) is 18.1. The van der Waals surface area contributed by atoms with E-state index in [9.17, 15) is 0 Å². The number of para-hydroxylation sites is 1. The van der Waals surface area contributed by atoms with Gasteiger partial charge >= 0.3 is 0 Å². The lowest BCUT2D eigenvalue weighted by Crippen LogP contribution is -2.07. The van der Waals surface area contributed by atoms with E-state index >= 15 is 0 Å². The molecule has 11 rings (SSSR count). The number of benzene rings is 7. The van der Waals surface area contributed by atoms with E-state index in [1.807, 2.05) is 23.1 Å². The summed E-state index contributed by atoms with van der Waals surface area (Å²) in [6, 6.07) is 48.6. The average Bonchev–Trinajstić information content (AvgIpc) is 3.73. The van der Waals surface area contributed by atoms with Gasteiger partial charge in [0.1, 0.15) is 0 Å². The molecule has 2 nitrogen and oxygen atoms in total. The Kier molecular flexibility index (Phi) is 5.63. The van der Waals surface area contributed by atoms with Crippen molar-refractivity contribution < 1.29 is 0 Å². The van der Waals surface area contributed by atoms with Crippen molar-refractivity contribution in [1.82, 2.24) is 9.97 Å². The highest BCUT2D eigenvalue weighted by molar-refractivity contribution is 8.00. The third-order valence-electron chi connectivity index (χ3n) is 10.2. The third-order valence-corrected chi connectivity index (χ3v) is 12.9. The zero-order valence-corrected chi connectivity index (χ0v) is 27.4. The topological polar surface area (TPSA) is 25.8 Å². The number of hydrogen-bond donors (Lipinski definition) is 0. The molecule has 9 aromatic rings. The zero-order valence-electron chi connectivity index (χ0n) is 25.7. The van der Waals surface area contributed by atoms with Gasteiger partial charge in [0.15, 0.2) is 5.82 Å². The van der Waals surface area contributed by atoms with Crippen molar-refractivity contribution in [2.24, 2.45) is 0 Å². The summed E-state index contributed by atoms with van der Waals surface area (Å²) in [5, 5.41) is 9.14. The third kappa shape index (κ3) is 3.82. The number of allylic oxidation sites excluding steroid dienone is 1. The monoisotopic (exact) mass is 646 g/mol. The van der Waals surface area contributed by atoms with Crippen molar-refractivity contribution in [2.75, 3.05) is 0 Å². The predicted octanol–water partition coefficient (Wildman–Crippen LogP) is 12.6. The van der Waals surface area contributed by atoms with Crippen LogP contribution >= 0.6 is 23.1 Å². The molecular weight excluding hydrogens is 621 g/mol. The molecule has 7 aromatic carbocycles. The van der Waals surface area contributed by atoms with Gasteiger partial charge in [-0.2, -0.15) is 0 Å². The Labute approximate surface area is 285 Å². The number of aromatic nitrogens is 2. The Morgan fingerprint density at radius 3 is 2.38 bits per heavy atom. The van der Waals surface area contributed by atoms with E-state index in [-0.39, 0.29) is 0 Å². The number of hydrogen-bond acceptors (Lipinski definition) is 4. The second-order valence-corrected chi connectivity index (χ2v) is 15.1. The van der Waals surface area contributed by atoms with Gasteiger partial charge in [0.25, 0.3) is 0 Å². The molecule has 1 aliphatic carbocycles. The average molecular weight is 647 g/mol. The van der Waals surface area contributed by atoms with E-state index in [1.165, 1.54) is 63.3 Å². The highest BCUT2D eigenvalue weighted by Gasteiger charge is 2.36. The molecule has 2 unspecified atom stereocenters. The molecule has 2 aromatic heterocycles. The van der Waals surface area contributed by atoms with Gasteiger partial charge in [-0.15, -0.1) is 23.1 Å². The number of thiophene rings is 1. The Balaban J connectivity index is 1.08. The minimum Gasteiger partial charge on any atom is -0.228 e. The van der Waals surface area contributed by atoms with E-state index in [0.717, 1.165) is 33.5 Å². The lowest BCUT2D eigenvalue weighted by atomic mass is 9.82. The maximum atomic E-state index is 5.34. The van der Waals surface area contributed by atoms with Crippen LogP contribution in [0.25, 0.3) is 81.3 Å². The maximum Gasteiger partial charge on any atom is 0.160 e. The summed E-state index contributed by atoms with van der Waals surface area (Å²) in [6.07, 6.45) is 4.81. The maximum absolute atomic E-state index is 5.34. The molecule has 3 heterocycles. The fourth-order valence-corrected chi connectivity index (χ4v) is 10.7. The van der Waals surface area contributed by atoms with E-state index in [0.29, 0.717) is 11.2 Å². The van der Waals surface area contributed by atoms with Crippen LogP contribution in [0.2, 0.25) is 0 Å². The summed E-state index contributed by atoms with van der Waals surface area (Å²) in [6.45, 7) is 0. The predicted molar refractivity (Wildman–Crippen MR) is 205 cm³/mol. The fraction of sp³-hybridized carbons (Fsp3) is 0.0455. The molecule has 48 heavy (non-hydrogen) atoms. The lowest BCUT2D eigenvalue weighted by molar-refractivity contribution is 0.820. The van der Waals surface area contributed by atoms with Crippen molar-refractivity contribution >= 4 is 81.8 Å². The normalized spacial score (nSPS) is 16.6. The quantitative estimate of drug-likeness (QED) is 0.175. The van der Waals surface area contributed by atoms with Gasteiger partial charge in [0.2, 0.25) is 0 Å². The number of fused-ring (bicyclic) bond motifs is 13. The van der Waals surface area contributed by atoms with Crippen LogP contribution in [0.15, 0.2) is 144 Å². The Bertz CT molecular complexity index is 2850. The van der Waals surface area contributed by atoms with Crippen molar-refractivity contribution in [2.45, 2.75) is 16.1 Å². The summed E-state index contributed by atoms with van der Waals surface area (Å²) < 4.78 is 2.56. The number of rotatable bonds is 2. The van der Waals surface area contributed by atoms with Gasteiger partial charge in [-0.3, -0.25) is 0 Å². The first-order valence-electron chi connectivity index (χ1n) is 16.4. The van der Waals surface area contributed by atoms with E-state index in [2.05, 4.69) is 146 Å². The molecular formula is C44H26N2S2. The minimum absolute atomic E-state index is 0.413. The molecule has 0 spiro atoms. The first-order chi connectivity index (χ1) is 23.8. The minimum atomic E-state index is 0.413. The molecule has 2 atom stereocenters. The van der Waals surface area contributed by atoms with Gasteiger partial charge in [0, 0.05) is 52.7 Å². The van der Waals surface area contributed by atoms with Crippen LogP contribution in [-0.2, 0) is 0 Å². The van der Waals surface area contributed by atoms with Crippen molar-refractivity contribution in [3.63, 3.8) is 0 Å². The summed E-state index contributed by atoms with van der Waals surface area (Å²) in [7, 11) is 0. The molecule has 0 bridgehead atoms. The van der Waals surface area contributed by atoms with E-state index in [1.54, 1.807) is 0 Å². The van der Waals surface area contributed by atoms with Gasteiger partial charge < -0.3 is 0 Å². The van der Waals surface area contributed by atoms with Gasteiger partial charge in [0.05, 0.1) is 11.2 Å². The number of nitrogens with zero attached hydrogens (tertiary/aromatic N) is 2. The van der Waals surface area contributed by atoms with Crippen LogP contribution < -0.4 is 0 Å². The molecule has 0 saturated carbocycles. The SMILES string of the molecule is C1=CC2c3ccccc3SC2c2ccc3ccc4cc(-c5nc(-c6cccc7c6sc6ccccc67)c6ccccc6n5)ccc4c3c21. The molecule has 0 amide bonds. The van der Waals surface area contributed by atoms with Crippen LogP contribution in [0.5, 0.6) is 0 Å². The molecule has 0 radical (unpaired) electrons. The highest BCUT2D eigenvalue weighted by atomic mass is 32.2. The Morgan fingerprint density at radius 2 is 1.40 bits per heavy atom.